The molecule has 0 radical (unpaired) electrons. The van der Waals surface area contributed by atoms with E-state index < -0.39 is 30.9 Å². The van der Waals surface area contributed by atoms with Gasteiger partial charge in [0.25, 0.3) is 5.97 Å². The van der Waals surface area contributed by atoms with Crippen LogP contribution < -0.4 is 5.73 Å². The predicted octanol–water partition coefficient (Wildman–Crippen LogP) is 3.54. The van der Waals surface area contributed by atoms with Gasteiger partial charge in [0.05, 0.1) is 0 Å². The lowest BCUT2D eigenvalue weighted by Crippen LogP contribution is -2.56. The molecule has 0 saturated carbocycles. The zero-order chi connectivity index (χ0) is 15.5. The number of hydrogen-bond acceptors (Lipinski definition) is 4. The van der Waals surface area contributed by atoms with E-state index in [1.54, 1.807) is 0 Å². The van der Waals surface area contributed by atoms with Gasteiger partial charge in [0.2, 0.25) is 0 Å². The van der Waals surface area contributed by atoms with E-state index in [2.05, 4.69) is 58.9 Å². The summed E-state index contributed by atoms with van der Waals surface area (Å²) in [6, 6.07) is 0. The van der Waals surface area contributed by atoms with Gasteiger partial charge in [0.15, 0.2) is 25.0 Å². The Balaban J connectivity index is 5.34. The minimum Gasteiger partial charge on any atom is -0.371 e. The summed E-state index contributed by atoms with van der Waals surface area (Å²) in [5.74, 6) is -0.936. The molecule has 0 saturated heterocycles. The fraction of sp³-hybridized carbons (Fsp3) is 1.00. The largest absolute Gasteiger partial charge is 0.371 e. The molecule has 0 aromatic carbocycles. The van der Waals surface area contributed by atoms with E-state index in [9.17, 15) is 0 Å². The molecule has 0 aliphatic carbocycles. The van der Waals surface area contributed by atoms with Crippen molar-refractivity contribution in [3.05, 3.63) is 0 Å². The van der Waals surface area contributed by atoms with Gasteiger partial charge < -0.3 is 19.0 Å². The first-order chi connectivity index (χ1) is 8.18. The highest BCUT2D eigenvalue weighted by Gasteiger charge is 2.44. The van der Waals surface area contributed by atoms with Crippen LogP contribution in [-0.4, -0.2) is 37.5 Å². The van der Waals surface area contributed by atoms with Crippen LogP contribution in [0.1, 0.15) is 6.42 Å². The summed E-state index contributed by atoms with van der Waals surface area (Å²) in [6.45, 7) is 19.9. The highest BCUT2D eigenvalue weighted by Crippen LogP contribution is 2.31. The normalized spacial score (nSPS) is 14.8. The second-order valence-electron chi connectivity index (χ2n) is 7.86. The first-order valence-corrected chi connectivity index (χ1v) is 17.2. The Bertz CT molecular complexity index is 239. The number of rotatable bonds is 8. The van der Waals surface area contributed by atoms with E-state index >= 15 is 0 Å². The molecule has 0 aromatic heterocycles. The van der Waals surface area contributed by atoms with Crippen molar-refractivity contribution in [1.82, 2.24) is 0 Å². The van der Waals surface area contributed by atoms with Crippen molar-refractivity contribution in [1.29, 1.82) is 0 Å². The standard InChI is InChI=1S/C12H33NO3Si3/c1-17(2,3)14-12(10-11-13,15-18(4,5)6)16-19(7,8)9/h10-11,13H2,1-9H3. The molecule has 0 aromatic rings. The lowest BCUT2D eigenvalue weighted by Gasteiger charge is -2.45. The number of hydrogen-bond donors (Lipinski definition) is 1. The third kappa shape index (κ3) is 9.94. The van der Waals surface area contributed by atoms with Crippen molar-refractivity contribution < 1.29 is 13.3 Å². The fourth-order valence-electron chi connectivity index (χ4n) is 1.79. The Morgan fingerprint density at radius 2 is 0.947 bits per heavy atom. The quantitative estimate of drug-likeness (QED) is 0.548. The van der Waals surface area contributed by atoms with Crippen LogP contribution in [0, 0.1) is 0 Å². The van der Waals surface area contributed by atoms with Crippen LogP contribution in [0.5, 0.6) is 0 Å². The first-order valence-electron chi connectivity index (χ1n) is 6.99. The molecule has 2 N–H and O–H groups in total. The molecule has 116 valence electrons. The van der Waals surface area contributed by atoms with Crippen molar-refractivity contribution in [2.45, 2.75) is 71.3 Å². The summed E-state index contributed by atoms with van der Waals surface area (Å²) >= 11 is 0. The molecule has 0 aliphatic heterocycles. The zero-order valence-corrected chi connectivity index (χ0v) is 17.2. The second kappa shape index (κ2) is 6.50. The van der Waals surface area contributed by atoms with Crippen molar-refractivity contribution in [3.63, 3.8) is 0 Å². The molecule has 0 fully saturated rings. The molecule has 0 spiro atoms. The average molecular weight is 324 g/mol. The fourth-order valence-corrected chi connectivity index (χ4v) is 5.40. The molecule has 0 atom stereocenters. The molecule has 7 heteroatoms. The van der Waals surface area contributed by atoms with Gasteiger partial charge in [-0.3, -0.25) is 0 Å². The molecule has 4 nitrogen and oxygen atoms in total. The summed E-state index contributed by atoms with van der Waals surface area (Å²) < 4.78 is 18.9. The Kier molecular flexibility index (Phi) is 6.67. The molecular formula is C12H33NO3Si3. The summed E-state index contributed by atoms with van der Waals surface area (Å²) in [6.07, 6.45) is 0.589. The van der Waals surface area contributed by atoms with Crippen LogP contribution in [-0.2, 0) is 13.3 Å². The third-order valence-corrected chi connectivity index (χ3v) is 4.61. The Hall–Kier alpha value is 0.491. The van der Waals surface area contributed by atoms with Gasteiger partial charge in [-0.05, 0) is 65.5 Å². The van der Waals surface area contributed by atoms with E-state index in [4.69, 9.17) is 19.0 Å². The first kappa shape index (κ1) is 19.5. The maximum Gasteiger partial charge on any atom is 0.255 e. The predicted molar refractivity (Wildman–Crippen MR) is 89.7 cm³/mol. The van der Waals surface area contributed by atoms with Gasteiger partial charge >= 0.3 is 0 Å². The number of nitrogens with two attached hydrogens (primary N) is 1. The maximum absolute atomic E-state index is 6.30. The molecule has 0 bridgehead atoms. The van der Waals surface area contributed by atoms with Crippen LogP contribution >= 0.6 is 0 Å². The van der Waals surface area contributed by atoms with Gasteiger partial charge in [-0.25, -0.2) is 0 Å². The lowest BCUT2D eigenvalue weighted by atomic mass is 10.4. The molecule has 0 amide bonds. The van der Waals surface area contributed by atoms with Gasteiger partial charge in [-0.2, -0.15) is 0 Å². The topological polar surface area (TPSA) is 53.7 Å². The van der Waals surface area contributed by atoms with Crippen LogP contribution in [0.3, 0.4) is 0 Å². The smallest absolute Gasteiger partial charge is 0.255 e. The molecule has 19 heavy (non-hydrogen) atoms. The molecule has 0 rings (SSSR count). The summed E-state index contributed by atoms with van der Waals surface area (Å²) in [5, 5.41) is 0. The van der Waals surface area contributed by atoms with E-state index in [1.165, 1.54) is 0 Å². The van der Waals surface area contributed by atoms with Gasteiger partial charge in [0.1, 0.15) is 0 Å². The van der Waals surface area contributed by atoms with Crippen molar-refractivity contribution in [3.8, 4) is 0 Å². The van der Waals surface area contributed by atoms with Crippen LogP contribution in [0.25, 0.3) is 0 Å². The van der Waals surface area contributed by atoms with Crippen LogP contribution in [0.4, 0.5) is 0 Å². The SMILES string of the molecule is C[Si](C)(C)OC(CCN)(O[Si](C)(C)C)O[Si](C)(C)C. The molecule has 0 unspecified atom stereocenters. The van der Waals surface area contributed by atoms with Gasteiger partial charge in [-0.15, -0.1) is 0 Å². The summed E-state index contributed by atoms with van der Waals surface area (Å²) in [4.78, 5) is 0. The van der Waals surface area contributed by atoms with Crippen LogP contribution in [0.15, 0.2) is 0 Å². The third-order valence-electron chi connectivity index (χ3n) is 1.84. The van der Waals surface area contributed by atoms with E-state index in [1.807, 2.05) is 0 Å². The molecular weight excluding hydrogens is 290 g/mol. The molecule has 0 heterocycles. The van der Waals surface area contributed by atoms with Gasteiger partial charge in [-0.1, -0.05) is 0 Å². The van der Waals surface area contributed by atoms with E-state index in [-0.39, 0.29) is 0 Å². The summed E-state index contributed by atoms with van der Waals surface area (Å²) in [5.41, 5.74) is 5.78. The zero-order valence-electron chi connectivity index (χ0n) is 14.2. The van der Waals surface area contributed by atoms with Crippen molar-refractivity contribution >= 4 is 25.0 Å². The Labute approximate surface area is 122 Å². The molecule has 0 aliphatic rings. The highest BCUT2D eigenvalue weighted by molar-refractivity contribution is 6.72. The van der Waals surface area contributed by atoms with E-state index in [0.717, 1.165) is 0 Å². The lowest BCUT2D eigenvalue weighted by molar-refractivity contribution is -0.272. The van der Waals surface area contributed by atoms with Crippen molar-refractivity contribution in [2.75, 3.05) is 6.54 Å². The van der Waals surface area contributed by atoms with E-state index in [0.29, 0.717) is 13.0 Å². The Morgan fingerprint density at radius 1 is 0.684 bits per heavy atom. The maximum atomic E-state index is 6.30. The Morgan fingerprint density at radius 3 is 1.11 bits per heavy atom. The monoisotopic (exact) mass is 323 g/mol. The highest BCUT2D eigenvalue weighted by atomic mass is 28.4. The minimum absolute atomic E-state index is 0.499. The van der Waals surface area contributed by atoms with Gasteiger partial charge in [0, 0.05) is 6.42 Å². The average Bonchev–Trinajstić information content (AvgIpc) is 1.90. The second-order valence-corrected chi connectivity index (χ2v) is 21.2. The van der Waals surface area contributed by atoms with Crippen molar-refractivity contribution in [2.24, 2.45) is 5.73 Å². The van der Waals surface area contributed by atoms with Crippen LogP contribution in [0.2, 0.25) is 58.9 Å². The summed E-state index contributed by atoms with van der Waals surface area (Å²) in [7, 11) is -5.37. The minimum atomic E-state index is -1.79.